The summed E-state index contributed by atoms with van der Waals surface area (Å²) in [5, 5.41) is 19.3. The quantitative estimate of drug-likeness (QED) is 0.588. The largest absolute Gasteiger partial charge is 0.484 e. The molecule has 4 fully saturated rings. The van der Waals surface area contributed by atoms with E-state index in [4.69, 9.17) is 14.2 Å². The summed E-state index contributed by atoms with van der Waals surface area (Å²) in [6.07, 6.45) is 6.25. The van der Waals surface area contributed by atoms with E-state index >= 15 is 0 Å². The molecule has 8 rings (SSSR count). The van der Waals surface area contributed by atoms with Gasteiger partial charge < -0.3 is 14.2 Å². The Morgan fingerprint density at radius 2 is 2.21 bits per heavy atom. The van der Waals surface area contributed by atoms with E-state index in [1.165, 1.54) is 5.56 Å². The molecule has 9 nitrogen and oxygen atoms in total. The number of nitrogens with zero attached hydrogens (tertiary/aromatic N) is 6. The highest BCUT2D eigenvalue weighted by molar-refractivity contribution is 5.84. The second-order valence-electron chi connectivity index (χ2n) is 10.2. The lowest BCUT2D eigenvalue weighted by molar-refractivity contribution is -0.0937. The van der Waals surface area contributed by atoms with Crippen LogP contribution in [0.5, 0.6) is 5.75 Å². The van der Waals surface area contributed by atoms with Crippen LogP contribution < -0.4 is 4.74 Å². The minimum absolute atomic E-state index is 0.0604. The molecule has 5 aliphatic rings. The van der Waals surface area contributed by atoms with Gasteiger partial charge in [0.25, 0.3) is 0 Å². The summed E-state index contributed by atoms with van der Waals surface area (Å²) < 4.78 is 19.7. The third kappa shape index (κ3) is 2.92. The Hall–Kier alpha value is -3.06. The molecule has 1 saturated carbocycles. The number of rotatable bonds is 4. The lowest BCUT2D eigenvalue weighted by Gasteiger charge is -2.50. The molecule has 9 heteroatoms. The van der Waals surface area contributed by atoms with Crippen molar-refractivity contribution in [1.82, 2.24) is 24.9 Å². The third-order valence-electron chi connectivity index (χ3n) is 8.08. The molecule has 2 bridgehead atoms. The number of aromatic nitrogens is 4. The molecule has 1 spiro atoms. The maximum absolute atomic E-state index is 9.24. The molecular weight excluding hydrogens is 432 g/mol. The molecule has 1 aromatic carbocycles. The molecule has 174 valence electrons. The number of pyridine rings is 1. The number of ether oxygens (including phenoxy) is 3. The summed E-state index contributed by atoms with van der Waals surface area (Å²) in [5.74, 6) is 0.801. The standard InChI is InChI=1S/C25H26N6O3/c1-16(34-18-2-3-22-21(6-18)20-4-5-32-11-17(20)8-27-22)23-10-31(29-28-23)24-12-25(13-24)15-33-19(7-26)9-30(25)14-24/h2-3,6,8,10,16,19H,4-5,9,11-15H2,1H3/t16-,19?,24?,25?/m1/s1. The van der Waals surface area contributed by atoms with Crippen LogP contribution in [0.25, 0.3) is 10.9 Å². The molecule has 2 aromatic heterocycles. The van der Waals surface area contributed by atoms with Gasteiger partial charge >= 0.3 is 0 Å². The van der Waals surface area contributed by atoms with Gasteiger partial charge in [0.2, 0.25) is 0 Å². The van der Waals surface area contributed by atoms with Crippen molar-refractivity contribution >= 4 is 10.9 Å². The molecule has 1 unspecified atom stereocenters. The van der Waals surface area contributed by atoms with E-state index in [1.807, 2.05) is 36.1 Å². The summed E-state index contributed by atoms with van der Waals surface area (Å²) in [4.78, 5) is 7.00. The predicted molar refractivity (Wildman–Crippen MR) is 121 cm³/mol. The number of hydrogen-bond donors (Lipinski definition) is 0. The number of nitriles is 1. The summed E-state index contributed by atoms with van der Waals surface area (Å²) in [5.41, 5.74) is 4.25. The van der Waals surface area contributed by atoms with Crippen LogP contribution in [-0.2, 0) is 28.0 Å². The lowest BCUT2D eigenvalue weighted by atomic mass is 9.67. The monoisotopic (exact) mass is 458 g/mol. The highest BCUT2D eigenvalue weighted by Gasteiger charge is 2.68. The first-order valence-corrected chi connectivity index (χ1v) is 11.9. The fourth-order valence-corrected chi connectivity index (χ4v) is 6.38. The van der Waals surface area contributed by atoms with Gasteiger partial charge in [-0.3, -0.25) is 9.88 Å². The maximum Gasteiger partial charge on any atom is 0.156 e. The van der Waals surface area contributed by atoms with Gasteiger partial charge in [-0.05, 0) is 55.5 Å². The van der Waals surface area contributed by atoms with Crippen LogP contribution in [0.2, 0.25) is 0 Å². The zero-order valence-electron chi connectivity index (χ0n) is 19.1. The molecular formula is C25H26N6O3. The summed E-state index contributed by atoms with van der Waals surface area (Å²) in [6.45, 7) is 5.55. The van der Waals surface area contributed by atoms with Crippen molar-refractivity contribution in [2.45, 2.75) is 56.1 Å². The van der Waals surface area contributed by atoms with Gasteiger partial charge in [-0.25, -0.2) is 4.68 Å². The van der Waals surface area contributed by atoms with Crippen LogP contribution in [0.4, 0.5) is 0 Å². The molecule has 0 radical (unpaired) electrons. The van der Waals surface area contributed by atoms with Gasteiger partial charge in [0.15, 0.2) is 6.10 Å². The Balaban J connectivity index is 1.10. The average molecular weight is 459 g/mol. The summed E-state index contributed by atoms with van der Waals surface area (Å²) >= 11 is 0. The van der Waals surface area contributed by atoms with E-state index in [9.17, 15) is 5.26 Å². The molecule has 3 aromatic rings. The summed E-state index contributed by atoms with van der Waals surface area (Å²) in [7, 11) is 0. The Bertz CT molecular complexity index is 1320. The van der Waals surface area contributed by atoms with Crippen LogP contribution in [-0.4, -0.2) is 62.8 Å². The topological polar surface area (TPSA) is 98.3 Å². The van der Waals surface area contributed by atoms with Crippen LogP contribution in [0.1, 0.15) is 42.7 Å². The molecule has 1 aliphatic carbocycles. The van der Waals surface area contributed by atoms with Gasteiger partial charge in [0, 0.05) is 30.2 Å². The smallest absolute Gasteiger partial charge is 0.156 e. The van der Waals surface area contributed by atoms with Crippen molar-refractivity contribution in [3.05, 3.63) is 47.4 Å². The highest BCUT2D eigenvalue weighted by atomic mass is 16.5. The molecule has 0 amide bonds. The lowest BCUT2D eigenvalue weighted by Crippen LogP contribution is -2.60. The van der Waals surface area contributed by atoms with Crippen molar-refractivity contribution in [3.63, 3.8) is 0 Å². The minimum atomic E-state index is -0.336. The van der Waals surface area contributed by atoms with Gasteiger partial charge in [0.1, 0.15) is 17.5 Å². The molecule has 2 atom stereocenters. The Morgan fingerprint density at radius 3 is 3.09 bits per heavy atom. The van der Waals surface area contributed by atoms with Crippen molar-refractivity contribution in [3.8, 4) is 11.8 Å². The molecule has 0 N–H and O–H groups in total. The number of benzene rings is 1. The molecule has 6 heterocycles. The Kier molecular flexibility index (Phi) is 4.31. The number of fused-ring (bicyclic) bond motifs is 3. The fraction of sp³-hybridized carbons (Fsp3) is 0.520. The van der Waals surface area contributed by atoms with Gasteiger partial charge in [-0.2, -0.15) is 5.26 Å². The molecule has 3 saturated heterocycles. The third-order valence-corrected chi connectivity index (χ3v) is 8.08. The zero-order valence-corrected chi connectivity index (χ0v) is 19.1. The summed E-state index contributed by atoms with van der Waals surface area (Å²) in [6, 6.07) is 8.32. The van der Waals surface area contributed by atoms with Gasteiger partial charge in [-0.1, -0.05) is 5.21 Å². The average Bonchev–Trinajstić information content (AvgIpc) is 3.54. The Labute approximate surface area is 197 Å². The van der Waals surface area contributed by atoms with Crippen LogP contribution in [0, 0.1) is 11.3 Å². The first kappa shape index (κ1) is 20.3. The maximum atomic E-state index is 9.24. The minimum Gasteiger partial charge on any atom is -0.484 e. The van der Waals surface area contributed by atoms with E-state index in [-0.39, 0.29) is 23.3 Å². The fourth-order valence-electron chi connectivity index (χ4n) is 6.38. The van der Waals surface area contributed by atoms with E-state index in [1.54, 1.807) is 0 Å². The molecule has 4 aliphatic heterocycles. The van der Waals surface area contributed by atoms with Gasteiger partial charge in [0.05, 0.1) is 43.1 Å². The number of hydrogen-bond acceptors (Lipinski definition) is 8. The van der Waals surface area contributed by atoms with Crippen LogP contribution in [0.15, 0.2) is 30.6 Å². The first-order valence-electron chi connectivity index (χ1n) is 11.9. The molecule has 34 heavy (non-hydrogen) atoms. The van der Waals surface area contributed by atoms with Crippen molar-refractivity contribution in [1.29, 1.82) is 5.26 Å². The number of morpholine rings is 1. The Morgan fingerprint density at radius 1 is 1.29 bits per heavy atom. The van der Waals surface area contributed by atoms with Crippen LogP contribution >= 0.6 is 0 Å². The van der Waals surface area contributed by atoms with E-state index < -0.39 is 0 Å². The van der Waals surface area contributed by atoms with E-state index in [2.05, 4.69) is 32.3 Å². The van der Waals surface area contributed by atoms with E-state index in [0.29, 0.717) is 19.8 Å². The van der Waals surface area contributed by atoms with Crippen molar-refractivity contribution in [2.75, 3.05) is 26.3 Å². The normalized spacial score (nSPS) is 30.8. The first-order chi connectivity index (χ1) is 16.6. The van der Waals surface area contributed by atoms with Gasteiger partial charge in [-0.15, -0.1) is 5.10 Å². The zero-order chi connectivity index (χ0) is 22.9. The second kappa shape index (κ2) is 7.22. The van der Waals surface area contributed by atoms with Crippen molar-refractivity contribution < 1.29 is 14.2 Å². The SMILES string of the molecule is C[C@@H](Oc1ccc2ncc3c(c2c1)CCOC3)c1cn(C23CN4CC(C#N)OCC4(C2)C3)nn1. The second-order valence-corrected chi connectivity index (χ2v) is 10.2. The van der Waals surface area contributed by atoms with Crippen LogP contribution in [0.3, 0.4) is 0 Å². The predicted octanol–water partition coefficient (Wildman–Crippen LogP) is 2.50. The van der Waals surface area contributed by atoms with Crippen molar-refractivity contribution in [2.24, 2.45) is 0 Å². The van der Waals surface area contributed by atoms with E-state index in [0.717, 1.165) is 60.3 Å². The highest BCUT2D eigenvalue weighted by Crippen LogP contribution is 2.58.